The number of anilines is 2. The number of halogens is 6. The second-order valence-electron chi connectivity index (χ2n) is 10.0. The van der Waals surface area contributed by atoms with Crippen LogP contribution < -0.4 is 20.9 Å². The summed E-state index contributed by atoms with van der Waals surface area (Å²) in [6.07, 6.45) is -5.15. The third-order valence-corrected chi connectivity index (χ3v) is 7.27. The van der Waals surface area contributed by atoms with Crippen LogP contribution in [0.15, 0.2) is 30.3 Å². The summed E-state index contributed by atoms with van der Waals surface area (Å²) in [6, 6.07) is 6.21. The monoisotopic (exact) mass is 603 g/mol. The standard InChI is InChI=1S/C27H31ClF5N5O3/c1-16-14-37(8-6-27(31,32)33)9-10-38(16)22-12-18(28)3-5-20(22)36-25(39)19-4-2-17(23(29)24(19)30)13-35-26(40)21-15-41-11-7-34-21/h2-5,12,16,21,34H,6-11,13-15H2,1H3,(H,35,40)(H,36,39)/t16-,21-/m1/s1. The molecule has 2 fully saturated rings. The zero-order chi connectivity index (χ0) is 29.7. The van der Waals surface area contributed by atoms with E-state index in [1.54, 1.807) is 11.0 Å². The molecule has 2 saturated heterocycles. The van der Waals surface area contributed by atoms with E-state index in [9.17, 15) is 31.5 Å². The predicted octanol–water partition coefficient (Wildman–Crippen LogP) is 3.94. The Kier molecular flexibility index (Phi) is 10.1. The van der Waals surface area contributed by atoms with Crippen LogP contribution in [-0.2, 0) is 16.1 Å². The second kappa shape index (κ2) is 13.3. The van der Waals surface area contributed by atoms with Crippen molar-refractivity contribution in [2.24, 2.45) is 0 Å². The fourth-order valence-corrected chi connectivity index (χ4v) is 5.02. The SMILES string of the molecule is C[C@@H]1CN(CCC(F)(F)F)CCN1c1cc(Cl)ccc1NC(=O)c1ccc(CNC(=O)[C@H]2COCCN2)c(F)c1F. The van der Waals surface area contributed by atoms with Crippen molar-refractivity contribution < 1.29 is 36.3 Å². The molecule has 3 N–H and O–H groups in total. The van der Waals surface area contributed by atoms with Crippen LogP contribution in [0.3, 0.4) is 0 Å². The number of amides is 2. The number of hydrogen-bond donors (Lipinski definition) is 3. The summed E-state index contributed by atoms with van der Waals surface area (Å²) >= 11 is 6.21. The van der Waals surface area contributed by atoms with Crippen LogP contribution in [0.25, 0.3) is 0 Å². The van der Waals surface area contributed by atoms with Gasteiger partial charge >= 0.3 is 6.18 Å². The van der Waals surface area contributed by atoms with Gasteiger partial charge in [0.2, 0.25) is 5.91 Å². The van der Waals surface area contributed by atoms with Crippen LogP contribution in [0, 0.1) is 11.6 Å². The number of carbonyl (C=O) groups is 2. The number of benzene rings is 2. The molecule has 2 amide bonds. The van der Waals surface area contributed by atoms with Crippen molar-refractivity contribution in [2.75, 3.05) is 56.2 Å². The van der Waals surface area contributed by atoms with E-state index in [1.165, 1.54) is 18.2 Å². The molecule has 2 aliphatic heterocycles. The Morgan fingerprint density at radius 2 is 1.93 bits per heavy atom. The number of hydrogen-bond acceptors (Lipinski definition) is 6. The Balaban J connectivity index is 1.43. The first-order chi connectivity index (χ1) is 19.4. The maximum Gasteiger partial charge on any atom is 0.390 e. The number of alkyl halides is 3. The van der Waals surface area contributed by atoms with Gasteiger partial charge in [0.15, 0.2) is 11.6 Å². The first-order valence-electron chi connectivity index (χ1n) is 13.2. The van der Waals surface area contributed by atoms with Gasteiger partial charge < -0.3 is 25.6 Å². The van der Waals surface area contributed by atoms with E-state index in [0.29, 0.717) is 43.5 Å². The van der Waals surface area contributed by atoms with Crippen molar-refractivity contribution in [3.63, 3.8) is 0 Å². The van der Waals surface area contributed by atoms with E-state index in [4.69, 9.17) is 16.3 Å². The number of nitrogens with one attached hydrogen (secondary N) is 3. The molecule has 0 aromatic heterocycles. The molecular formula is C27H31ClF5N5O3. The Hall–Kier alpha value is -3.00. The third-order valence-electron chi connectivity index (χ3n) is 7.04. The fraction of sp³-hybridized carbons (Fsp3) is 0.481. The lowest BCUT2D eigenvalue weighted by molar-refractivity contribution is -0.138. The summed E-state index contributed by atoms with van der Waals surface area (Å²) in [6.45, 7) is 3.68. The molecule has 4 rings (SSSR count). The van der Waals surface area contributed by atoms with Crippen molar-refractivity contribution in [1.82, 2.24) is 15.5 Å². The summed E-state index contributed by atoms with van der Waals surface area (Å²) < 4.78 is 73.0. The van der Waals surface area contributed by atoms with E-state index in [0.717, 1.165) is 6.07 Å². The Morgan fingerprint density at radius 1 is 1.15 bits per heavy atom. The van der Waals surface area contributed by atoms with Crippen LogP contribution in [0.4, 0.5) is 33.3 Å². The number of nitrogens with zero attached hydrogens (tertiary/aromatic N) is 2. The third kappa shape index (κ3) is 8.06. The molecule has 0 unspecified atom stereocenters. The molecule has 14 heteroatoms. The maximum atomic E-state index is 15.0. The van der Waals surface area contributed by atoms with Crippen LogP contribution >= 0.6 is 11.6 Å². The highest BCUT2D eigenvalue weighted by atomic mass is 35.5. The van der Waals surface area contributed by atoms with Gasteiger partial charge in [-0.15, -0.1) is 0 Å². The number of rotatable bonds is 8. The number of morpholine rings is 1. The maximum absolute atomic E-state index is 15.0. The van der Waals surface area contributed by atoms with Gasteiger partial charge in [0, 0.05) is 55.9 Å². The Labute approximate surface area is 239 Å². The van der Waals surface area contributed by atoms with E-state index < -0.39 is 47.7 Å². The molecule has 2 heterocycles. The molecule has 0 aliphatic carbocycles. The summed E-state index contributed by atoms with van der Waals surface area (Å²) in [4.78, 5) is 28.9. The van der Waals surface area contributed by atoms with Gasteiger partial charge in [-0.05, 0) is 31.2 Å². The minimum absolute atomic E-state index is 0.114. The van der Waals surface area contributed by atoms with Crippen LogP contribution in [0.1, 0.15) is 29.3 Å². The van der Waals surface area contributed by atoms with Crippen molar-refractivity contribution in [1.29, 1.82) is 0 Å². The first kappa shape index (κ1) is 30.9. The first-order valence-corrected chi connectivity index (χ1v) is 13.5. The average molecular weight is 604 g/mol. The van der Waals surface area contributed by atoms with Crippen LogP contribution in [0.2, 0.25) is 5.02 Å². The zero-order valence-electron chi connectivity index (χ0n) is 22.3. The molecule has 41 heavy (non-hydrogen) atoms. The molecule has 2 aromatic rings. The van der Waals surface area contributed by atoms with E-state index in [2.05, 4.69) is 16.0 Å². The quantitative estimate of drug-likeness (QED) is 0.397. The lowest BCUT2D eigenvalue weighted by Gasteiger charge is -2.42. The number of ether oxygens (including phenoxy) is 1. The Bertz CT molecular complexity index is 1260. The second-order valence-corrected chi connectivity index (χ2v) is 10.5. The minimum Gasteiger partial charge on any atom is -0.378 e. The highest BCUT2D eigenvalue weighted by Gasteiger charge is 2.31. The molecule has 0 spiro atoms. The summed E-state index contributed by atoms with van der Waals surface area (Å²) in [7, 11) is 0. The molecule has 0 bridgehead atoms. The van der Waals surface area contributed by atoms with Gasteiger partial charge in [0.1, 0.15) is 6.04 Å². The molecule has 0 radical (unpaired) electrons. The van der Waals surface area contributed by atoms with Gasteiger partial charge in [0.05, 0.1) is 36.6 Å². The smallest absolute Gasteiger partial charge is 0.378 e. The largest absolute Gasteiger partial charge is 0.390 e. The predicted molar refractivity (Wildman–Crippen MR) is 144 cm³/mol. The van der Waals surface area contributed by atoms with E-state index in [1.807, 2.05) is 11.8 Å². The normalized spacial score (nSPS) is 20.1. The van der Waals surface area contributed by atoms with Crippen molar-refractivity contribution in [2.45, 2.75) is 38.1 Å². The molecular weight excluding hydrogens is 573 g/mol. The molecule has 8 nitrogen and oxygen atoms in total. The lowest BCUT2D eigenvalue weighted by atomic mass is 10.1. The van der Waals surface area contributed by atoms with Gasteiger partial charge in [-0.25, -0.2) is 8.78 Å². The zero-order valence-corrected chi connectivity index (χ0v) is 23.0. The molecule has 224 valence electrons. The molecule has 0 saturated carbocycles. The topological polar surface area (TPSA) is 85.9 Å². The molecule has 2 atom stereocenters. The van der Waals surface area contributed by atoms with Gasteiger partial charge in [-0.3, -0.25) is 14.5 Å². The summed E-state index contributed by atoms with van der Waals surface area (Å²) in [5.41, 5.74) is 0.127. The summed E-state index contributed by atoms with van der Waals surface area (Å²) in [5.74, 6) is -3.95. The van der Waals surface area contributed by atoms with Crippen molar-refractivity contribution >= 4 is 34.8 Å². The van der Waals surface area contributed by atoms with Crippen LogP contribution in [-0.4, -0.2) is 80.9 Å². The molecule has 2 aromatic carbocycles. The fourth-order valence-electron chi connectivity index (χ4n) is 4.86. The van der Waals surface area contributed by atoms with Crippen LogP contribution in [0.5, 0.6) is 0 Å². The average Bonchev–Trinajstić information content (AvgIpc) is 2.93. The minimum atomic E-state index is -4.24. The van der Waals surface area contributed by atoms with Gasteiger partial charge in [0.25, 0.3) is 5.91 Å². The number of piperazine rings is 1. The molecule has 2 aliphatic rings. The van der Waals surface area contributed by atoms with Gasteiger partial charge in [-0.2, -0.15) is 13.2 Å². The highest BCUT2D eigenvalue weighted by molar-refractivity contribution is 6.31. The highest BCUT2D eigenvalue weighted by Crippen LogP contribution is 2.33. The lowest BCUT2D eigenvalue weighted by Crippen LogP contribution is -2.52. The number of carbonyl (C=O) groups excluding carboxylic acids is 2. The summed E-state index contributed by atoms with van der Waals surface area (Å²) in [5, 5.41) is 8.47. The van der Waals surface area contributed by atoms with E-state index in [-0.39, 0.29) is 37.0 Å². The van der Waals surface area contributed by atoms with Gasteiger partial charge in [-0.1, -0.05) is 17.7 Å². The Morgan fingerprint density at radius 3 is 2.61 bits per heavy atom. The van der Waals surface area contributed by atoms with Crippen molar-refractivity contribution in [3.05, 3.63) is 58.1 Å². The van der Waals surface area contributed by atoms with E-state index >= 15 is 0 Å². The van der Waals surface area contributed by atoms with Crippen molar-refractivity contribution in [3.8, 4) is 0 Å².